The standard InChI is InChI=1S/C16H25N3O2/c1-11(2)12(3)10-18-16(20)14(15(17)19-21)9-13-7-5-4-6-8-13/h4-8,11-12,14,21H,9-10H2,1-3H3,(H2,17,19)(H,18,20). The van der Waals surface area contributed by atoms with Crippen LogP contribution in [0.2, 0.25) is 0 Å². The molecule has 0 aromatic heterocycles. The van der Waals surface area contributed by atoms with Gasteiger partial charge >= 0.3 is 0 Å². The van der Waals surface area contributed by atoms with Gasteiger partial charge in [-0.3, -0.25) is 4.79 Å². The first-order valence-electron chi connectivity index (χ1n) is 7.24. The maximum atomic E-state index is 12.3. The molecular formula is C16H25N3O2. The highest BCUT2D eigenvalue weighted by Gasteiger charge is 2.24. The predicted octanol–water partition coefficient (Wildman–Crippen LogP) is 2.00. The van der Waals surface area contributed by atoms with Crippen molar-refractivity contribution in [1.29, 1.82) is 0 Å². The van der Waals surface area contributed by atoms with Crippen LogP contribution < -0.4 is 11.1 Å². The number of nitrogens with one attached hydrogen (secondary N) is 1. The zero-order valence-electron chi connectivity index (χ0n) is 12.9. The van der Waals surface area contributed by atoms with E-state index in [0.717, 1.165) is 5.56 Å². The molecule has 1 aromatic carbocycles. The van der Waals surface area contributed by atoms with Gasteiger partial charge in [0.15, 0.2) is 5.84 Å². The Kier molecular flexibility index (Phi) is 6.72. The summed E-state index contributed by atoms with van der Waals surface area (Å²) in [6.07, 6.45) is 0.415. The molecule has 0 fully saturated rings. The molecule has 0 aliphatic carbocycles. The zero-order valence-corrected chi connectivity index (χ0v) is 12.9. The van der Waals surface area contributed by atoms with E-state index in [-0.39, 0.29) is 11.7 Å². The summed E-state index contributed by atoms with van der Waals surface area (Å²) < 4.78 is 0. The Bertz CT molecular complexity index is 472. The molecule has 116 valence electrons. The van der Waals surface area contributed by atoms with Gasteiger partial charge in [0.05, 0.1) is 0 Å². The highest BCUT2D eigenvalue weighted by atomic mass is 16.4. The SMILES string of the molecule is CC(C)C(C)CNC(=O)C(Cc1ccccc1)C(N)=NO. The van der Waals surface area contributed by atoms with Crippen molar-refractivity contribution in [1.82, 2.24) is 5.32 Å². The van der Waals surface area contributed by atoms with Crippen molar-refractivity contribution in [2.75, 3.05) is 6.54 Å². The lowest BCUT2D eigenvalue weighted by atomic mass is 9.95. The first kappa shape index (κ1) is 17.0. The van der Waals surface area contributed by atoms with E-state index in [1.54, 1.807) is 0 Å². The smallest absolute Gasteiger partial charge is 0.231 e. The lowest BCUT2D eigenvalue weighted by Gasteiger charge is -2.19. The molecule has 0 aliphatic rings. The van der Waals surface area contributed by atoms with E-state index in [9.17, 15) is 4.79 Å². The first-order chi connectivity index (χ1) is 9.95. The Morgan fingerprint density at radius 1 is 1.29 bits per heavy atom. The van der Waals surface area contributed by atoms with Crippen LogP contribution >= 0.6 is 0 Å². The monoisotopic (exact) mass is 291 g/mol. The Labute approximate surface area is 126 Å². The molecule has 2 unspecified atom stereocenters. The normalized spacial score (nSPS) is 14.8. The summed E-state index contributed by atoms with van der Waals surface area (Å²) >= 11 is 0. The third kappa shape index (κ3) is 5.45. The fraction of sp³-hybridized carbons (Fsp3) is 0.500. The van der Waals surface area contributed by atoms with Crippen molar-refractivity contribution in [3.8, 4) is 0 Å². The van der Waals surface area contributed by atoms with Crippen LogP contribution in [0.3, 0.4) is 0 Å². The van der Waals surface area contributed by atoms with Crippen molar-refractivity contribution >= 4 is 11.7 Å². The third-order valence-electron chi connectivity index (χ3n) is 3.81. The summed E-state index contributed by atoms with van der Waals surface area (Å²) in [5, 5.41) is 14.8. The Hall–Kier alpha value is -2.04. The topological polar surface area (TPSA) is 87.7 Å². The Balaban J connectivity index is 2.72. The first-order valence-corrected chi connectivity index (χ1v) is 7.24. The molecule has 0 bridgehead atoms. The maximum Gasteiger partial charge on any atom is 0.231 e. The number of hydrogen-bond donors (Lipinski definition) is 3. The number of carbonyl (C=O) groups excluding carboxylic acids is 1. The lowest BCUT2D eigenvalue weighted by molar-refractivity contribution is -0.123. The number of benzene rings is 1. The molecule has 0 radical (unpaired) electrons. The second kappa shape index (κ2) is 8.29. The molecule has 0 saturated carbocycles. The third-order valence-corrected chi connectivity index (χ3v) is 3.81. The van der Waals surface area contributed by atoms with Gasteiger partial charge in [-0.1, -0.05) is 56.3 Å². The molecule has 1 aromatic rings. The second-order valence-electron chi connectivity index (χ2n) is 5.73. The minimum atomic E-state index is -0.656. The summed E-state index contributed by atoms with van der Waals surface area (Å²) in [6.45, 7) is 6.89. The average Bonchev–Trinajstić information content (AvgIpc) is 2.50. The van der Waals surface area contributed by atoms with Crippen LogP contribution in [-0.2, 0) is 11.2 Å². The van der Waals surface area contributed by atoms with Crippen molar-refractivity contribution in [2.45, 2.75) is 27.2 Å². The Morgan fingerprint density at radius 3 is 2.43 bits per heavy atom. The van der Waals surface area contributed by atoms with Crippen LogP contribution in [0, 0.1) is 17.8 Å². The highest BCUT2D eigenvalue weighted by molar-refractivity contribution is 6.02. The lowest BCUT2D eigenvalue weighted by Crippen LogP contribution is -2.42. The summed E-state index contributed by atoms with van der Waals surface area (Å²) in [4.78, 5) is 12.3. The summed E-state index contributed by atoms with van der Waals surface area (Å²) in [7, 11) is 0. The molecule has 1 rings (SSSR count). The van der Waals surface area contributed by atoms with Crippen molar-refractivity contribution < 1.29 is 10.0 Å². The average molecular weight is 291 g/mol. The van der Waals surface area contributed by atoms with Crippen molar-refractivity contribution in [3.05, 3.63) is 35.9 Å². The van der Waals surface area contributed by atoms with Gasteiger partial charge < -0.3 is 16.3 Å². The van der Waals surface area contributed by atoms with Gasteiger partial charge in [0.2, 0.25) is 5.91 Å². The number of carbonyl (C=O) groups is 1. The molecule has 5 heteroatoms. The van der Waals surface area contributed by atoms with Gasteiger partial charge in [-0.15, -0.1) is 0 Å². The van der Waals surface area contributed by atoms with Gasteiger partial charge in [-0.25, -0.2) is 0 Å². The van der Waals surface area contributed by atoms with Gasteiger partial charge in [-0.05, 0) is 23.8 Å². The molecule has 4 N–H and O–H groups in total. The summed E-state index contributed by atoms with van der Waals surface area (Å²) in [5.74, 6) is -0.0627. The van der Waals surface area contributed by atoms with Crippen LogP contribution in [0.4, 0.5) is 0 Å². The summed E-state index contributed by atoms with van der Waals surface area (Å²) in [6, 6.07) is 9.55. The zero-order chi connectivity index (χ0) is 15.8. The quantitative estimate of drug-likeness (QED) is 0.311. The molecule has 5 nitrogen and oxygen atoms in total. The van der Waals surface area contributed by atoms with E-state index in [1.807, 2.05) is 30.3 Å². The number of oxime groups is 1. The molecule has 0 spiro atoms. The molecular weight excluding hydrogens is 266 g/mol. The van der Waals surface area contributed by atoms with Gasteiger partial charge in [0.1, 0.15) is 5.92 Å². The number of nitrogens with zero attached hydrogens (tertiary/aromatic N) is 1. The minimum Gasteiger partial charge on any atom is -0.409 e. The molecule has 2 atom stereocenters. The molecule has 0 saturated heterocycles. The minimum absolute atomic E-state index is 0.0615. The molecule has 0 aliphatic heterocycles. The molecule has 1 amide bonds. The van der Waals surface area contributed by atoms with E-state index in [4.69, 9.17) is 10.9 Å². The van der Waals surface area contributed by atoms with Gasteiger partial charge in [0, 0.05) is 6.54 Å². The molecule has 0 heterocycles. The van der Waals surface area contributed by atoms with Crippen LogP contribution in [0.5, 0.6) is 0 Å². The van der Waals surface area contributed by atoms with Crippen molar-refractivity contribution in [3.63, 3.8) is 0 Å². The second-order valence-corrected chi connectivity index (χ2v) is 5.73. The van der Waals surface area contributed by atoms with E-state index in [0.29, 0.717) is 24.8 Å². The van der Waals surface area contributed by atoms with E-state index >= 15 is 0 Å². The van der Waals surface area contributed by atoms with E-state index < -0.39 is 5.92 Å². The maximum absolute atomic E-state index is 12.3. The van der Waals surface area contributed by atoms with Crippen molar-refractivity contribution in [2.24, 2.45) is 28.6 Å². The fourth-order valence-corrected chi connectivity index (χ4v) is 1.87. The van der Waals surface area contributed by atoms with E-state index in [1.165, 1.54) is 0 Å². The number of amides is 1. The number of rotatable bonds is 7. The number of nitrogens with two attached hydrogens (primary N) is 1. The summed E-state index contributed by atoms with van der Waals surface area (Å²) in [5.41, 5.74) is 6.64. The number of hydrogen-bond acceptors (Lipinski definition) is 3. The highest BCUT2D eigenvalue weighted by Crippen LogP contribution is 2.11. The van der Waals surface area contributed by atoms with Crippen LogP contribution in [-0.4, -0.2) is 23.5 Å². The largest absolute Gasteiger partial charge is 0.409 e. The van der Waals surface area contributed by atoms with E-state index in [2.05, 4.69) is 31.2 Å². The Morgan fingerprint density at radius 2 is 1.90 bits per heavy atom. The number of amidine groups is 1. The van der Waals surface area contributed by atoms with Gasteiger partial charge in [0.25, 0.3) is 0 Å². The predicted molar refractivity (Wildman–Crippen MR) is 84.1 cm³/mol. The van der Waals surface area contributed by atoms with Crippen LogP contribution in [0.25, 0.3) is 0 Å². The van der Waals surface area contributed by atoms with Crippen LogP contribution in [0.1, 0.15) is 26.3 Å². The van der Waals surface area contributed by atoms with Gasteiger partial charge in [-0.2, -0.15) is 0 Å². The molecule has 21 heavy (non-hydrogen) atoms. The van der Waals surface area contributed by atoms with Crippen LogP contribution in [0.15, 0.2) is 35.5 Å². The fourth-order valence-electron chi connectivity index (χ4n) is 1.87.